The van der Waals surface area contributed by atoms with Crippen molar-refractivity contribution in [2.24, 2.45) is 4.99 Å². The SMILES string of the molecule is Cc1cccc(OCCSC2=N/C(=C\c3ccco3)C(=O)N2c2ccc(OC(F)F)cc2)c1. The number of carbonyl (C=O) groups is 1. The Morgan fingerprint density at radius 2 is 1.94 bits per heavy atom. The van der Waals surface area contributed by atoms with E-state index in [0.29, 0.717) is 29.0 Å². The standard InChI is InChI=1S/C24H20F2N2O4S/c1-16-4-2-5-19(14-16)31-12-13-33-24-27-21(15-20-6-3-11-30-20)22(29)28(24)17-7-9-18(10-8-17)32-23(25)26/h2-11,14-15,23H,12-13H2,1H3/b21-15-. The van der Waals surface area contributed by atoms with Crippen LogP contribution in [0.4, 0.5) is 14.5 Å². The highest BCUT2D eigenvalue weighted by molar-refractivity contribution is 8.14. The van der Waals surface area contributed by atoms with Crippen LogP contribution in [0.3, 0.4) is 0 Å². The van der Waals surface area contributed by atoms with Crippen molar-refractivity contribution < 1.29 is 27.5 Å². The Morgan fingerprint density at radius 1 is 1.12 bits per heavy atom. The molecule has 0 atom stereocenters. The molecule has 0 saturated heterocycles. The van der Waals surface area contributed by atoms with Crippen LogP contribution in [0.2, 0.25) is 0 Å². The second kappa shape index (κ2) is 10.4. The van der Waals surface area contributed by atoms with Gasteiger partial charge in [-0.1, -0.05) is 23.9 Å². The van der Waals surface area contributed by atoms with Crippen LogP contribution in [0.1, 0.15) is 11.3 Å². The van der Waals surface area contributed by atoms with Gasteiger partial charge in [0.15, 0.2) is 5.17 Å². The normalized spacial score (nSPS) is 14.8. The van der Waals surface area contributed by atoms with Gasteiger partial charge in [-0.25, -0.2) is 4.99 Å². The monoisotopic (exact) mass is 470 g/mol. The summed E-state index contributed by atoms with van der Waals surface area (Å²) in [5.74, 6) is 1.46. The van der Waals surface area contributed by atoms with Gasteiger partial charge in [-0.15, -0.1) is 0 Å². The lowest BCUT2D eigenvalue weighted by Crippen LogP contribution is -2.30. The molecule has 0 bridgehead atoms. The maximum atomic E-state index is 13.1. The van der Waals surface area contributed by atoms with Crippen molar-refractivity contribution in [3.8, 4) is 11.5 Å². The molecule has 1 aliphatic rings. The maximum Gasteiger partial charge on any atom is 0.387 e. The summed E-state index contributed by atoms with van der Waals surface area (Å²) in [7, 11) is 0. The van der Waals surface area contributed by atoms with Crippen molar-refractivity contribution in [3.63, 3.8) is 0 Å². The predicted octanol–water partition coefficient (Wildman–Crippen LogP) is 5.75. The second-order valence-corrected chi connectivity index (χ2v) is 8.03. The molecule has 1 aromatic heterocycles. The first-order valence-electron chi connectivity index (χ1n) is 10.0. The third kappa shape index (κ3) is 5.81. The molecule has 0 saturated carbocycles. The van der Waals surface area contributed by atoms with Gasteiger partial charge in [0, 0.05) is 11.8 Å². The molecule has 9 heteroatoms. The van der Waals surface area contributed by atoms with E-state index < -0.39 is 6.61 Å². The van der Waals surface area contributed by atoms with Crippen molar-refractivity contribution in [2.75, 3.05) is 17.3 Å². The lowest BCUT2D eigenvalue weighted by Gasteiger charge is -2.18. The van der Waals surface area contributed by atoms with E-state index in [-0.39, 0.29) is 17.4 Å². The van der Waals surface area contributed by atoms with Crippen LogP contribution in [-0.2, 0) is 4.79 Å². The number of hydrogen-bond acceptors (Lipinski definition) is 6. The maximum absolute atomic E-state index is 13.1. The highest BCUT2D eigenvalue weighted by Gasteiger charge is 2.32. The van der Waals surface area contributed by atoms with Crippen LogP contribution in [0.15, 0.2) is 82.0 Å². The van der Waals surface area contributed by atoms with E-state index in [0.717, 1.165) is 11.3 Å². The Bertz CT molecular complexity index is 1160. The largest absolute Gasteiger partial charge is 0.493 e. The Kier molecular flexibility index (Phi) is 7.09. The number of alkyl halides is 2. The molecule has 0 radical (unpaired) electrons. The minimum Gasteiger partial charge on any atom is -0.493 e. The quantitative estimate of drug-likeness (QED) is 0.310. The summed E-state index contributed by atoms with van der Waals surface area (Å²) < 4.78 is 40.4. The van der Waals surface area contributed by atoms with Crippen LogP contribution in [-0.4, -0.2) is 30.0 Å². The van der Waals surface area contributed by atoms with Gasteiger partial charge in [0.25, 0.3) is 5.91 Å². The van der Waals surface area contributed by atoms with Crippen molar-refractivity contribution in [3.05, 3.63) is 83.9 Å². The minimum absolute atomic E-state index is 0.00411. The van der Waals surface area contributed by atoms with Crippen molar-refractivity contribution in [1.29, 1.82) is 0 Å². The summed E-state index contributed by atoms with van der Waals surface area (Å²) in [6.45, 7) is -0.524. The number of furan rings is 1. The highest BCUT2D eigenvalue weighted by Crippen LogP contribution is 2.31. The molecule has 3 aromatic rings. The average molecular weight is 470 g/mol. The van der Waals surface area contributed by atoms with Gasteiger partial charge in [-0.2, -0.15) is 8.78 Å². The van der Waals surface area contributed by atoms with E-state index >= 15 is 0 Å². The number of hydrogen-bond donors (Lipinski definition) is 0. The lowest BCUT2D eigenvalue weighted by molar-refractivity contribution is -0.113. The lowest BCUT2D eigenvalue weighted by atomic mass is 10.2. The van der Waals surface area contributed by atoms with Gasteiger partial charge in [-0.3, -0.25) is 9.69 Å². The zero-order valence-corrected chi connectivity index (χ0v) is 18.4. The molecular weight excluding hydrogens is 450 g/mol. The average Bonchev–Trinajstić information content (AvgIpc) is 3.40. The summed E-state index contributed by atoms with van der Waals surface area (Å²) in [4.78, 5) is 19.0. The Hall–Kier alpha value is -3.59. The first-order chi connectivity index (χ1) is 16.0. The molecule has 6 nitrogen and oxygen atoms in total. The Balaban J connectivity index is 1.50. The molecule has 1 aliphatic heterocycles. The fourth-order valence-corrected chi connectivity index (χ4v) is 3.93. The zero-order chi connectivity index (χ0) is 23.2. The number of nitrogens with zero attached hydrogens (tertiary/aromatic N) is 2. The van der Waals surface area contributed by atoms with Gasteiger partial charge in [0.2, 0.25) is 0 Å². The van der Waals surface area contributed by atoms with E-state index in [4.69, 9.17) is 9.15 Å². The van der Waals surface area contributed by atoms with Crippen molar-refractivity contribution in [2.45, 2.75) is 13.5 Å². The molecule has 1 amide bonds. The molecule has 33 heavy (non-hydrogen) atoms. The summed E-state index contributed by atoms with van der Waals surface area (Å²) in [6, 6.07) is 17.0. The number of halogens is 2. The molecule has 4 rings (SSSR count). The van der Waals surface area contributed by atoms with Crippen molar-refractivity contribution in [1.82, 2.24) is 0 Å². The molecular formula is C24H20F2N2O4S. The summed E-state index contributed by atoms with van der Waals surface area (Å²) in [5, 5.41) is 0.452. The van der Waals surface area contributed by atoms with Crippen molar-refractivity contribution >= 4 is 34.6 Å². The number of carbonyl (C=O) groups excluding carboxylic acids is 1. The fourth-order valence-electron chi connectivity index (χ4n) is 3.10. The number of aryl methyl sites for hydroxylation is 1. The Morgan fingerprint density at radius 3 is 2.64 bits per heavy atom. The third-order valence-electron chi connectivity index (χ3n) is 4.54. The van der Waals surface area contributed by atoms with E-state index in [2.05, 4.69) is 9.73 Å². The molecule has 0 N–H and O–H groups in total. The predicted molar refractivity (Wildman–Crippen MR) is 124 cm³/mol. The number of anilines is 1. The molecule has 2 heterocycles. The van der Waals surface area contributed by atoms with E-state index in [1.54, 1.807) is 18.2 Å². The fraction of sp³-hybridized carbons (Fsp3) is 0.167. The van der Waals surface area contributed by atoms with E-state index in [1.165, 1.54) is 47.2 Å². The molecule has 2 aromatic carbocycles. The smallest absolute Gasteiger partial charge is 0.387 e. The number of rotatable bonds is 8. The molecule has 0 aliphatic carbocycles. The molecule has 0 unspecified atom stereocenters. The minimum atomic E-state index is -2.92. The van der Waals surface area contributed by atoms with Gasteiger partial charge in [0.1, 0.15) is 23.0 Å². The highest BCUT2D eigenvalue weighted by atomic mass is 32.2. The topological polar surface area (TPSA) is 64.3 Å². The summed E-state index contributed by atoms with van der Waals surface area (Å²) in [5.41, 5.74) is 1.79. The van der Waals surface area contributed by atoms with E-state index in [9.17, 15) is 13.6 Å². The van der Waals surface area contributed by atoms with Crippen LogP contribution < -0.4 is 14.4 Å². The van der Waals surface area contributed by atoms with Gasteiger partial charge >= 0.3 is 6.61 Å². The molecule has 0 spiro atoms. The van der Waals surface area contributed by atoms with Crippen LogP contribution in [0.5, 0.6) is 11.5 Å². The number of thioether (sulfide) groups is 1. The summed E-state index contributed by atoms with van der Waals surface area (Å²) in [6.07, 6.45) is 3.06. The molecule has 170 valence electrons. The second-order valence-electron chi connectivity index (χ2n) is 6.97. The van der Waals surface area contributed by atoms with Gasteiger partial charge in [0.05, 0.1) is 18.6 Å². The Labute approximate surface area is 193 Å². The number of amides is 1. The van der Waals surface area contributed by atoms with Crippen LogP contribution in [0.25, 0.3) is 6.08 Å². The number of amidine groups is 1. The number of ether oxygens (including phenoxy) is 2. The first-order valence-corrected chi connectivity index (χ1v) is 11.0. The van der Waals surface area contributed by atoms with Crippen LogP contribution in [0, 0.1) is 6.92 Å². The van der Waals surface area contributed by atoms with Gasteiger partial charge < -0.3 is 13.9 Å². The summed E-state index contributed by atoms with van der Waals surface area (Å²) >= 11 is 1.35. The van der Waals surface area contributed by atoms with E-state index in [1.807, 2.05) is 31.2 Å². The number of aliphatic imine (C=N–C) groups is 1. The zero-order valence-electron chi connectivity index (χ0n) is 17.6. The first kappa shape index (κ1) is 22.6. The number of benzene rings is 2. The van der Waals surface area contributed by atoms with Gasteiger partial charge in [-0.05, 0) is 61.0 Å². The van der Waals surface area contributed by atoms with Crippen LogP contribution >= 0.6 is 11.8 Å². The third-order valence-corrected chi connectivity index (χ3v) is 5.45. The molecule has 0 fully saturated rings.